The Morgan fingerprint density at radius 2 is 2.00 bits per heavy atom. The number of nitrogens with zero attached hydrogens (tertiary/aromatic N) is 3. The minimum Gasteiger partial charge on any atom is -0.475 e. The Morgan fingerprint density at radius 1 is 1.32 bits per heavy atom. The second kappa shape index (κ2) is 8.01. The van der Waals surface area contributed by atoms with E-state index in [1.807, 2.05) is 0 Å². The first-order chi connectivity index (χ1) is 13.3. The summed E-state index contributed by atoms with van der Waals surface area (Å²) in [6.07, 6.45) is 1.60. The molecule has 1 aromatic carbocycles. The normalized spacial score (nSPS) is 13.1. The molecule has 28 heavy (non-hydrogen) atoms. The molecule has 0 atom stereocenters. The van der Waals surface area contributed by atoms with E-state index in [1.165, 1.54) is 4.68 Å². The number of fused-ring (bicyclic) bond motifs is 1. The van der Waals surface area contributed by atoms with Gasteiger partial charge in [-0.3, -0.25) is 19.6 Å². The molecule has 0 bridgehead atoms. The second-order valence-corrected chi connectivity index (χ2v) is 6.43. The molecule has 1 aromatic heterocycles. The van der Waals surface area contributed by atoms with E-state index in [4.69, 9.17) is 16.3 Å². The van der Waals surface area contributed by atoms with Gasteiger partial charge in [0.25, 0.3) is 5.56 Å². The van der Waals surface area contributed by atoms with Crippen molar-refractivity contribution < 1.29 is 23.6 Å². The zero-order valence-corrected chi connectivity index (χ0v) is 15.7. The molecule has 150 valence electrons. The van der Waals surface area contributed by atoms with Gasteiger partial charge in [-0.1, -0.05) is 11.6 Å². The Balaban J connectivity index is 2.06. The number of carbonyl (C=O) groups is 1. The third-order valence-corrected chi connectivity index (χ3v) is 4.71. The summed E-state index contributed by atoms with van der Waals surface area (Å²) >= 11 is 6.28. The van der Waals surface area contributed by atoms with Crippen molar-refractivity contribution in [3.05, 3.63) is 43.6 Å². The third kappa shape index (κ3) is 3.59. The Morgan fingerprint density at radius 3 is 2.61 bits per heavy atom. The predicted octanol–water partition coefficient (Wildman–Crippen LogP) is 2.75. The highest BCUT2D eigenvalue weighted by molar-refractivity contribution is 6.32. The van der Waals surface area contributed by atoms with Crippen LogP contribution in [-0.2, 0) is 22.6 Å². The number of hydrogen-bond acceptors (Lipinski definition) is 6. The molecule has 9 nitrogen and oxygen atoms in total. The fourth-order valence-electron chi connectivity index (χ4n) is 3.09. The number of hydrogen-bond donors (Lipinski definition) is 0. The van der Waals surface area contributed by atoms with E-state index in [0.717, 1.165) is 25.0 Å². The first-order valence-corrected chi connectivity index (χ1v) is 8.98. The Kier molecular flexibility index (Phi) is 5.68. The van der Waals surface area contributed by atoms with Crippen LogP contribution in [0.1, 0.15) is 19.8 Å². The lowest BCUT2D eigenvalue weighted by molar-refractivity contribution is -0.385. The predicted molar refractivity (Wildman–Crippen MR) is 97.1 cm³/mol. The van der Waals surface area contributed by atoms with Gasteiger partial charge in [-0.15, -0.1) is 0 Å². The van der Waals surface area contributed by atoms with Gasteiger partial charge in [-0.05, 0) is 19.8 Å². The van der Waals surface area contributed by atoms with Crippen molar-refractivity contribution in [3.8, 4) is 16.9 Å². The van der Waals surface area contributed by atoms with Crippen molar-refractivity contribution in [1.29, 1.82) is 0 Å². The number of rotatable bonds is 6. The molecular formula is C17H17ClFN3O6. The van der Waals surface area contributed by atoms with E-state index < -0.39 is 40.3 Å². The minimum absolute atomic E-state index is 0.0260. The van der Waals surface area contributed by atoms with Gasteiger partial charge in [0.15, 0.2) is 6.61 Å². The lowest BCUT2D eigenvalue weighted by atomic mass is 10.1. The van der Waals surface area contributed by atoms with E-state index in [0.29, 0.717) is 13.1 Å². The number of carbonyl (C=O) groups excluding carboxylic acids is 1. The van der Waals surface area contributed by atoms with Gasteiger partial charge in [-0.2, -0.15) is 0 Å². The number of nitro groups is 1. The molecule has 0 spiro atoms. The summed E-state index contributed by atoms with van der Waals surface area (Å²) in [5, 5.41) is 11.4. The molecular weight excluding hydrogens is 397 g/mol. The maximum atomic E-state index is 14.7. The van der Waals surface area contributed by atoms with E-state index >= 15 is 0 Å². The van der Waals surface area contributed by atoms with E-state index in [-0.39, 0.29) is 22.9 Å². The molecule has 0 unspecified atom stereocenters. The van der Waals surface area contributed by atoms with Crippen molar-refractivity contribution in [2.24, 2.45) is 0 Å². The molecule has 2 heterocycles. The molecule has 2 aromatic rings. The topological polar surface area (TPSA) is 106 Å². The van der Waals surface area contributed by atoms with E-state index in [1.54, 1.807) is 11.6 Å². The number of benzene rings is 1. The Labute approximate surface area is 163 Å². The Bertz CT molecular complexity index is 1000. The molecule has 11 heteroatoms. The van der Waals surface area contributed by atoms with Crippen molar-refractivity contribution in [1.82, 2.24) is 9.36 Å². The van der Waals surface area contributed by atoms with Crippen molar-refractivity contribution in [2.45, 2.75) is 32.9 Å². The minimum atomic E-state index is -0.924. The lowest BCUT2D eigenvalue weighted by Gasteiger charge is -2.17. The van der Waals surface area contributed by atoms with Crippen molar-refractivity contribution in [2.75, 3.05) is 13.2 Å². The second-order valence-electron chi connectivity index (χ2n) is 6.07. The summed E-state index contributed by atoms with van der Waals surface area (Å²) in [5.74, 6) is -2.12. The van der Waals surface area contributed by atoms with Crippen LogP contribution >= 0.6 is 11.6 Å². The summed E-state index contributed by atoms with van der Waals surface area (Å²) in [6, 6.07) is 1.66. The highest BCUT2D eigenvalue weighted by atomic mass is 35.5. The average Bonchev–Trinajstić information content (AvgIpc) is 2.91. The maximum absolute atomic E-state index is 14.7. The van der Waals surface area contributed by atoms with Gasteiger partial charge in [0.1, 0.15) is 11.0 Å². The molecule has 0 amide bonds. The molecule has 1 aliphatic heterocycles. The summed E-state index contributed by atoms with van der Waals surface area (Å²) < 4.78 is 27.4. The van der Waals surface area contributed by atoms with Crippen LogP contribution < -0.4 is 10.3 Å². The first-order valence-electron chi connectivity index (χ1n) is 8.61. The number of esters is 1. The van der Waals surface area contributed by atoms with Gasteiger partial charge in [-0.25, -0.2) is 13.9 Å². The van der Waals surface area contributed by atoms with E-state index in [9.17, 15) is 24.1 Å². The quantitative estimate of drug-likeness (QED) is 0.409. The summed E-state index contributed by atoms with van der Waals surface area (Å²) in [4.78, 5) is 34.7. The van der Waals surface area contributed by atoms with Crippen LogP contribution in [0, 0.1) is 15.9 Å². The monoisotopic (exact) mass is 413 g/mol. The van der Waals surface area contributed by atoms with Crippen LogP contribution in [0.15, 0.2) is 16.9 Å². The maximum Gasteiger partial charge on any atom is 0.344 e. The summed E-state index contributed by atoms with van der Waals surface area (Å²) in [5.41, 5.74) is -1.54. The van der Waals surface area contributed by atoms with Gasteiger partial charge >= 0.3 is 11.7 Å². The molecule has 0 saturated carbocycles. The summed E-state index contributed by atoms with van der Waals surface area (Å²) in [7, 11) is 0. The van der Waals surface area contributed by atoms with Crippen LogP contribution in [0.2, 0.25) is 5.15 Å². The van der Waals surface area contributed by atoms with Gasteiger partial charge < -0.3 is 9.47 Å². The molecule has 0 radical (unpaired) electrons. The standard InChI is InChI=1S/C17H17ClFN3O6/c1-2-27-14(23)9-28-13-8-11(19)10(7-12(13)22(25)26)15-16(18)20-5-3-4-6-21(20)17(15)24/h7-8H,2-6,9H2,1H3. The SMILES string of the molecule is CCOC(=O)COc1cc(F)c(-c2c(Cl)n3n(c2=O)CCCC3)cc1[N+](=O)[O-]. The van der Waals surface area contributed by atoms with E-state index in [2.05, 4.69) is 4.74 Å². The van der Waals surface area contributed by atoms with Crippen LogP contribution in [0.4, 0.5) is 10.1 Å². The third-order valence-electron chi connectivity index (χ3n) is 4.33. The summed E-state index contributed by atoms with van der Waals surface area (Å²) in [6.45, 7) is 2.02. The van der Waals surface area contributed by atoms with Gasteiger partial charge in [0.2, 0.25) is 5.75 Å². The van der Waals surface area contributed by atoms with Crippen molar-refractivity contribution >= 4 is 23.3 Å². The molecule has 0 N–H and O–H groups in total. The lowest BCUT2D eigenvalue weighted by Crippen LogP contribution is -2.27. The van der Waals surface area contributed by atoms with Crippen LogP contribution in [-0.4, -0.2) is 33.5 Å². The number of halogens is 2. The molecule has 0 saturated heterocycles. The van der Waals surface area contributed by atoms with Gasteiger partial charge in [0.05, 0.1) is 17.1 Å². The Hall–Kier alpha value is -2.88. The molecule has 0 fully saturated rings. The van der Waals surface area contributed by atoms with Crippen LogP contribution in [0.3, 0.4) is 0 Å². The van der Waals surface area contributed by atoms with Gasteiger partial charge in [0, 0.05) is 30.8 Å². The first kappa shape index (κ1) is 19.9. The van der Waals surface area contributed by atoms with Crippen LogP contribution in [0.25, 0.3) is 11.1 Å². The van der Waals surface area contributed by atoms with Crippen LogP contribution in [0.5, 0.6) is 5.75 Å². The number of ether oxygens (including phenoxy) is 2. The molecule has 1 aliphatic rings. The molecule has 0 aliphatic carbocycles. The number of nitro benzene ring substituents is 1. The molecule has 3 rings (SSSR count). The van der Waals surface area contributed by atoms with Crippen molar-refractivity contribution in [3.63, 3.8) is 0 Å². The average molecular weight is 414 g/mol. The largest absolute Gasteiger partial charge is 0.475 e. The zero-order valence-electron chi connectivity index (χ0n) is 14.9. The zero-order chi connectivity index (χ0) is 20.4. The smallest absolute Gasteiger partial charge is 0.344 e. The number of aromatic nitrogens is 2. The highest BCUT2D eigenvalue weighted by Crippen LogP contribution is 2.37. The fourth-order valence-corrected chi connectivity index (χ4v) is 3.44. The highest BCUT2D eigenvalue weighted by Gasteiger charge is 2.28. The fraction of sp³-hybridized carbons (Fsp3) is 0.412.